The Balaban J connectivity index is 0.000000317. The van der Waals surface area contributed by atoms with Crippen molar-refractivity contribution < 1.29 is 64.8 Å². The van der Waals surface area contributed by atoms with Gasteiger partial charge >= 0.3 is 24.3 Å². The lowest BCUT2D eigenvalue weighted by molar-refractivity contribution is -0.193. The molecule has 216 valence electrons. The topological polar surface area (TPSA) is 143 Å². The van der Waals surface area contributed by atoms with E-state index in [1.165, 1.54) is 0 Å². The minimum Gasteiger partial charge on any atom is -0.475 e. The number of carboxylic acids is 2. The fraction of sp³-hybridized carbons (Fsp3) is 0.455. The van der Waals surface area contributed by atoms with E-state index in [1.54, 1.807) is 29.7 Å². The summed E-state index contributed by atoms with van der Waals surface area (Å²) < 4.78 is 80.4. The molecular formula is C22H23F6N3O8. The Morgan fingerprint density at radius 3 is 2.21 bits per heavy atom. The van der Waals surface area contributed by atoms with Crippen molar-refractivity contribution >= 4 is 23.5 Å². The molecule has 2 aliphatic rings. The summed E-state index contributed by atoms with van der Waals surface area (Å²) in [5, 5.41) is 14.2. The number of rotatable bonds is 3. The number of furan rings is 1. The van der Waals surface area contributed by atoms with Crippen molar-refractivity contribution in [1.82, 2.24) is 9.88 Å². The fourth-order valence-electron chi connectivity index (χ4n) is 3.41. The van der Waals surface area contributed by atoms with Gasteiger partial charge in [0, 0.05) is 38.1 Å². The molecule has 2 aromatic rings. The zero-order valence-corrected chi connectivity index (χ0v) is 19.9. The highest BCUT2D eigenvalue weighted by atomic mass is 19.4. The summed E-state index contributed by atoms with van der Waals surface area (Å²) in [5.74, 6) is -5.57. The number of hydrogen-bond acceptors (Lipinski definition) is 8. The number of halogens is 6. The molecule has 17 heteroatoms. The smallest absolute Gasteiger partial charge is 0.475 e. The molecule has 2 fully saturated rings. The quantitative estimate of drug-likeness (QED) is 0.528. The first-order valence-corrected chi connectivity index (χ1v) is 10.9. The number of aromatic nitrogens is 1. The lowest BCUT2D eigenvalue weighted by Crippen LogP contribution is -2.60. The molecule has 2 aromatic heterocycles. The monoisotopic (exact) mass is 571 g/mol. The van der Waals surface area contributed by atoms with E-state index in [-0.39, 0.29) is 12.5 Å². The van der Waals surface area contributed by atoms with Crippen LogP contribution in [0.3, 0.4) is 0 Å². The minimum absolute atomic E-state index is 0.0509. The number of ether oxygens (including phenoxy) is 2. The van der Waals surface area contributed by atoms with Gasteiger partial charge in [-0.2, -0.15) is 26.3 Å². The van der Waals surface area contributed by atoms with Crippen LogP contribution in [0, 0.1) is 0 Å². The molecule has 0 bridgehead atoms. The molecule has 1 atom stereocenters. The van der Waals surface area contributed by atoms with Gasteiger partial charge in [0.25, 0.3) is 5.91 Å². The van der Waals surface area contributed by atoms with Gasteiger partial charge in [-0.3, -0.25) is 14.7 Å². The molecule has 1 unspecified atom stereocenters. The maximum atomic E-state index is 12.3. The van der Waals surface area contributed by atoms with Crippen LogP contribution in [0.1, 0.15) is 5.56 Å². The highest BCUT2D eigenvalue weighted by Gasteiger charge is 2.43. The van der Waals surface area contributed by atoms with E-state index in [1.807, 2.05) is 12.3 Å². The van der Waals surface area contributed by atoms with Crippen LogP contribution >= 0.6 is 0 Å². The molecule has 1 amide bonds. The van der Waals surface area contributed by atoms with E-state index in [9.17, 15) is 31.1 Å². The second-order valence-corrected chi connectivity index (χ2v) is 8.16. The third kappa shape index (κ3) is 10.2. The van der Waals surface area contributed by atoms with E-state index in [2.05, 4.69) is 16.0 Å². The van der Waals surface area contributed by atoms with Gasteiger partial charge in [-0.25, -0.2) is 9.59 Å². The Morgan fingerprint density at radius 1 is 1.05 bits per heavy atom. The highest BCUT2D eigenvalue weighted by Crippen LogP contribution is 2.28. The number of hydrogen-bond donors (Lipinski definition) is 2. The van der Waals surface area contributed by atoms with Gasteiger partial charge in [0.15, 0.2) is 0 Å². The minimum atomic E-state index is -5.08. The van der Waals surface area contributed by atoms with Gasteiger partial charge in [-0.1, -0.05) is 6.07 Å². The summed E-state index contributed by atoms with van der Waals surface area (Å²) in [5.41, 5.74) is 1.37. The summed E-state index contributed by atoms with van der Waals surface area (Å²) in [4.78, 5) is 38.3. The van der Waals surface area contributed by atoms with Gasteiger partial charge < -0.3 is 29.0 Å². The van der Waals surface area contributed by atoms with Gasteiger partial charge in [-0.15, -0.1) is 0 Å². The number of pyridine rings is 1. The van der Waals surface area contributed by atoms with Crippen molar-refractivity contribution in [2.75, 3.05) is 44.4 Å². The van der Waals surface area contributed by atoms with Crippen LogP contribution in [0.2, 0.25) is 0 Å². The standard InChI is InChI=1S/C18H21N3O4.2C2HF3O2/c22-17-11-25-18(13-21(17)16-3-6-23-10-16)12-20(5-7-24-14-18)9-15-2-1-4-19-8-15;2*3-2(4,5)1(6)7/h1-4,6,8,10H,5,7,9,11-14H2;2*(H,6,7). The van der Waals surface area contributed by atoms with Crippen molar-refractivity contribution in [3.8, 4) is 0 Å². The second kappa shape index (κ2) is 13.4. The number of carbonyl (C=O) groups excluding carboxylic acids is 1. The van der Waals surface area contributed by atoms with Crippen molar-refractivity contribution in [2.24, 2.45) is 0 Å². The number of carbonyl (C=O) groups is 3. The number of alkyl halides is 6. The van der Waals surface area contributed by atoms with Crippen LogP contribution in [0.5, 0.6) is 0 Å². The highest BCUT2D eigenvalue weighted by molar-refractivity contribution is 5.95. The average Bonchev–Trinajstić information content (AvgIpc) is 3.31. The van der Waals surface area contributed by atoms with E-state index >= 15 is 0 Å². The predicted molar refractivity (Wildman–Crippen MR) is 117 cm³/mol. The fourth-order valence-corrected chi connectivity index (χ4v) is 3.41. The molecule has 0 aromatic carbocycles. The normalized spacial score (nSPS) is 20.3. The molecule has 39 heavy (non-hydrogen) atoms. The summed E-state index contributed by atoms with van der Waals surface area (Å²) in [6.07, 6.45) is -3.36. The zero-order valence-electron chi connectivity index (χ0n) is 19.9. The Morgan fingerprint density at radius 2 is 1.69 bits per heavy atom. The van der Waals surface area contributed by atoms with Crippen molar-refractivity contribution in [1.29, 1.82) is 0 Å². The van der Waals surface area contributed by atoms with Gasteiger partial charge in [-0.05, 0) is 11.6 Å². The number of morpholine rings is 1. The number of amides is 1. The molecule has 4 rings (SSSR count). The van der Waals surface area contributed by atoms with Gasteiger partial charge in [0.05, 0.1) is 31.7 Å². The van der Waals surface area contributed by atoms with Gasteiger partial charge in [0.2, 0.25) is 0 Å². The van der Waals surface area contributed by atoms with E-state index in [4.69, 9.17) is 33.7 Å². The zero-order chi connectivity index (χ0) is 29.3. The van der Waals surface area contributed by atoms with Crippen LogP contribution in [-0.4, -0.2) is 95.4 Å². The molecule has 11 nitrogen and oxygen atoms in total. The lowest BCUT2D eigenvalue weighted by Gasteiger charge is -2.42. The lowest BCUT2D eigenvalue weighted by atomic mass is 10.0. The van der Waals surface area contributed by atoms with Crippen LogP contribution < -0.4 is 4.90 Å². The second-order valence-electron chi connectivity index (χ2n) is 8.16. The SMILES string of the molecule is O=C(O)C(F)(F)F.O=C(O)C(F)(F)F.O=C1COC2(COCCN(Cc3cccnc3)C2)CN1c1ccoc1. The van der Waals surface area contributed by atoms with Crippen LogP contribution in [0.4, 0.5) is 32.0 Å². The summed E-state index contributed by atoms with van der Waals surface area (Å²) in [7, 11) is 0. The van der Waals surface area contributed by atoms with Gasteiger partial charge in [0.1, 0.15) is 18.5 Å². The van der Waals surface area contributed by atoms with Crippen molar-refractivity contribution in [3.05, 3.63) is 48.7 Å². The number of carboxylic acid groups (broad SMARTS) is 2. The predicted octanol–water partition coefficient (Wildman–Crippen LogP) is 2.58. The van der Waals surface area contributed by atoms with E-state index in [0.29, 0.717) is 26.3 Å². The molecule has 2 saturated heterocycles. The van der Waals surface area contributed by atoms with Crippen molar-refractivity contribution in [2.45, 2.75) is 24.5 Å². The van der Waals surface area contributed by atoms with Crippen LogP contribution in [-0.2, 0) is 30.4 Å². The number of nitrogens with zero attached hydrogens (tertiary/aromatic N) is 3. The maximum absolute atomic E-state index is 12.3. The summed E-state index contributed by atoms with van der Waals surface area (Å²) in [6, 6.07) is 5.80. The average molecular weight is 571 g/mol. The first-order chi connectivity index (χ1) is 18.1. The molecule has 1 spiro atoms. The van der Waals surface area contributed by atoms with E-state index in [0.717, 1.165) is 24.3 Å². The summed E-state index contributed by atoms with van der Waals surface area (Å²) in [6.45, 7) is 3.92. The summed E-state index contributed by atoms with van der Waals surface area (Å²) >= 11 is 0. The molecule has 0 aliphatic carbocycles. The maximum Gasteiger partial charge on any atom is 0.490 e. The molecule has 4 heterocycles. The largest absolute Gasteiger partial charge is 0.490 e. The van der Waals surface area contributed by atoms with Crippen LogP contribution in [0.15, 0.2) is 47.5 Å². The Kier molecular flexibility index (Phi) is 10.8. The first kappa shape index (κ1) is 31.5. The van der Waals surface area contributed by atoms with Crippen LogP contribution in [0.25, 0.3) is 0 Å². The number of anilines is 1. The molecule has 2 aliphatic heterocycles. The number of aliphatic carboxylic acids is 2. The third-order valence-corrected chi connectivity index (χ3v) is 5.11. The first-order valence-electron chi connectivity index (χ1n) is 10.9. The Hall–Kier alpha value is -3.70. The molecule has 0 saturated carbocycles. The van der Waals surface area contributed by atoms with Crippen molar-refractivity contribution in [3.63, 3.8) is 0 Å². The molecule has 2 N–H and O–H groups in total. The Labute approximate surface area is 216 Å². The van der Waals surface area contributed by atoms with E-state index < -0.39 is 29.9 Å². The Bertz CT molecular complexity index is 1060. The molecular weight excluding hydrogens is 548 g/mol. The third-order valence-electron chi connectivity index (χ3n) is 5.11. The molecule has 0 radical (unpaired) electrons.